The molecule has 0 unspecified atom stereocenters. The largest absolute Gasteiger partial charge is 0.433 e. The second-order valence-corrected chi connectivity index (χ2v) is 4.88. The Balaban J connectivity index is 2.45. The van der Waals surface area contributed by atoms with Crippen LogP contribution in [0.1, 0.15) is 11.3 Å². The first-order valence-electron chi connectivity index (χ1n) is 5.84. The Labute approximate surface area is 123 Å². The summed E-state index contributed by atoms with van der Waals surface area (Å²) in [5, 5.41) is 11.8. The molecule has 2 rings (SSSR count). The van der Waals surface area contributed by atoms with Crippen molar-refractivity contribution in [2.24, 2.45) is 0 Å². The molecule has 0 aliphatic heterocycles. The van der Waals surface area contributed by atoms with Crippen molar-refractivity contribution in [1.82, 2.24) is 4.98 Å². The van der Waals surface area contributed by atoms with Crippen LogP contribution in [0.4, 0.5) is 24.7 Å². The SMILES string of the molecule is CSc1ccccc1Nc1nc(C(F)(F)F)ccc1C#N. The number of halogens is 3. The first-order chi connectivity index (χ1) is 9.95. The molecule has 7 heteroatoms. The third kappa shape index (κ3) is 3.47. The first-order valence-corrected chi connectivity index (χ1v) is 7.06. The fraction of sp³-hybridized carbons (Fsp3) is 0.143. The molecule has 0 aliphatic carbocycles. The molecule has 0 radical (unpaired) electrons. The number of nitriles is 1. The third-order valence-corrected chi connectivity index (χ3v) is 3.46. The molecule has 3 nitrogen and oxygen atoms in total. The number of nitrogens with one attached hydrogen (secondary N) is 1. The average molecular weight is 309 g/mol. The van der Waals surface area contributed by atoms with Crippen LogP contribution in [-0.2, 0) is 6.18 Å². The van der Waals surface area contributed by atoms with E-state index in [0.717, 1.165) is 17.0 Å². The number of pyridine rings is 1. The minimum absolute atomic E-state index is 0.0545. The minimum Gasteiger partial charge on any atom is -0.338 e. The monoisotopic (exact) mass is 309 g/mol. The summed E-state index contributed by atoms with van der Waals surface area (Å²) >= 11 is 1.44. The average Bonchev–Trinajstić information content (AvgIpc) is 2.47. The zero-order chi connectivity index (χ0) is 15.5. The molecule has 1 aromatic carbocycles. The van der Waals surface area contributed by atoms with Crippen LogP contribution in [0.5, 0.6) is 0 Å². The summed E-state index contributed by atoms with van der Waals surface area (Å²) in [7, 11) is 0. The molecule has 0 spiro atoms. The predicted octanol–water partition coefficient (Wildman–Crippen LogP) is 4.44. The number of aromatic nitrogens is 1. The molecule has 0 fully saturated rings. The van der Waals surface area contributed by atoms with Crippen LogP contribution >= 0.6 is 11.8 Å². The Morgan fingerprint density at radius 3 is 2.52 bits per heavy atom. The molecule has 0 saturated heterocycles. The molecular weight excluding hydrogens is 299 g/mol. The van der Waals surface area contributed by atoms with Crippen molar-refractivity contribution in [2.75, 3.05) is 11.6 Å². The number of hydrogen-bond donors (Lipinski definition) is 1. The summed E-state index contributed by atoms with van der Waals surface area (Å²) in [5.41, 5.74) is -0.377. The Bertz CT molecular complexity index is 693. The van der Waals surface area contributed by atoms with Crippen molar-refractivity contribution in [3.05, 3.63) is 47.7 Å². The molecule has 108 valence electrons. The van der Waals surface area contributed by atoms with Gasteiger partial charge in [-0.2, -0.15) is 18.4 Å². The highest BCUT2D eigenvalue weighted by Crippen LogP contribution is 2.32. The van der Waals surface area contributed by atoms with Gasteiger partial charge in [0.25, 0.3) is 0 Å². The second kappa shape index (κ2) is 6.06. The molecule has 0 amide bonds. The molecule has 1 heterocycles. The zero-order valence-electron chi connectivity index (χ0n) is 10.9. The van der Waals surface area contributed by atoms with Crippen LogP contribution in [0, 0.1) is 11.3 Å². The summed E-state index contributed by atoms with van der Waals surface area (Å²) in [4.78, 5) is 4.37. The van der Waals surface area contributed by atoms with E-state index in [1.54, 1.807) is 12.1 Å². The van der Waals surface area contributed by atoms with Gasteiger partial charge in [-0.05, 0) is 30.5 Å². The quantitative estimate of drug-likeness (QED) is 0.852. The zero-order valence-corrected chi connectivity index (χ0v) is 11.7. The maximum atomic E-state index is 12.7. The molecule has 1 N–H and O–H groups in total. The van der Waals surface area contributed by atoms with Gasteiger partial charge in [0.05, 0.1) is 11.3 Å². The fourth-order valence-electron chi connectivity index (χ4n) is 1.68. The lowest BCUT2D eigenvalue weighted by Crippen LogP contribution is -2.10. The smallest absolute Gasteiger partial charge is 0.338 e. The van der Waals surface area contributed by atoms with Gasteiger partial charge in [0.2, 0.25) is 0 Å². The van der Waals surface area contributed by atoms with E-state index in [2.05, 4.69) is 10.3 Å². The van der Waals surface area contributed by atoms with E-state index in [1.165, 1.54) is 11.8 Å². The lowest BCUT2D eigenvalue weighted by Gasteiger charge is -2.13. The van der Waals surface area contributed by atoms with Gasteiger partial charge in [-0.3, -0.25) is 0 Å². The van der Waals surface area contributed by atoms with Crippen LogP contribution in [-0.4, -0.2) is 11.2 Å². The number of anilines is 2. The number of nitrogens with zero attached hydrogens (tertiary/aromatic N) is 2. The maximum Gasteiger partial charge on any atom is 0.433 e. The summed E-state index contributed by atoms with van der Waals surface area (Å²) < 4.78 is 38.1. The molecule has 1 aromatic heterocycles. The van der Waals surface area contributed by atoms with Gasteiger partial charge in [0, 0.05) is 4.90 Å². The van der Waals surface area contributed by atoms with E-state index in [-0.39, 0.29) is 11.4 Å². The molecule has 0 bridgehead atoms. The van der Waals surface area contributed by atoms with Gasteiger partial charge >= 0.3 is 6.18 Å². The maximum absolute atomic E-state index is 12.7. The topological polar surface area (TPSA) is 48.7 Å². The van der Waals surface area contributed by atoms with Gasteiger partial charge < -0.3 is 5.32 Å². The summed E-state index contributed by atoms with van der Waals surface area (Å²) in [6.45, 7) is 0. The van der Waals surface area contributed by atoms with Crippen LogP contribution in [0.3, 0.4) is 0 Å². The highest BCUT2D eigenvalue weighted by molar-refractivity contribution is 7.98. The lowest BCUT2D eigenvalue weighted by atomic mass is 10.2. The second-order valence-electron chi connectivity index (χ2n) is 4.03. The number of alkyl halides is 3. The van der Waals surface area contributed by atoms with Crippen molar-refractivity contribution in [2.45, 2.75) is 11.1 Å². The minimum atomic E-state index is -4.55. The van der Waals surface area contributed by atoms with Crippen molar-refractivity contribution < 1.29 is 13.2 Å². The van der Waals surface area contributed by atoms with Gasteiger partial charge in [-0.1, -0.05) is 12.1 Å². The van der Waals surface area contributed by atoms with E-state index in [0.29, 0.717) is 5.69 Å². The van der Waals surface area contributed by atoms with Crippen molar-refractivity contribution in [1.29, 1.82) is 5.26 Å². The fourth-order valence-corrected chi connectivity index (χ4v) is 2.23. The Kier molecular flexibility index (Phi) is 4.38. The number of rotatable bonds is 3. The first kappa shape index (κ1) is 15.2. The lowest BCUT2D eigenvalue weighted by molar-refractivity contribution is -0.141. The third-order valence-electron chi connectivity index (χ3n) is 2.67. The summed E-state index contributed by atoms with van der Waals surface area (Å²) in [6.07, 6.45) is -2.70. The van der Waals surface area contributed by atoms with E-state index in [9.17, 15) is 13.2 Å². The van der Waals surface area contributed by atoms with Crippen molar-refractivity contribution >= 4 is 23.3 Å². The predicted molar refractivity (Wildman–Crippen MR) is 75.5 cm³/mol. The highest BCUT2D eigenvalue weighted by Gasteiger charge is 2.33. The molecule has 21 heavy (non-hydrogen) atoms. The molecule has 0 aliphatic rings. The Morgan fingerprint density at radius 1 is 1.19 bits per heavy atom. The van der Waals surface area contributed by atoms with Gasteiger partial charge in [-0.25, -0.2) is 4.98 Å². The summed E-state index contributed by atoms with van der Waals surface area (Å²) in [5.74, 6) is -0.103. The van der Waals surface area contributed by atoms with E-state index < -0.39 is 11.9 Å². The van der Waals surface area contributed by atoms with Crippen LogP contribution in [0.2, 0.25) is 0 Å². The normalized spacial score (nSPS) is 11.0. The van der Waals surface area contributed by atoms with E-state index >= 15 is 0 Å². The number of benzene rings is 1. The standard InChI is InChI=1S/C14H10F3N3S/c1-21-11-5-3-2-4-10(11)19-13-9(8-18)6-7-12(20-13)14(15,16)17/h2-7H,1H3,(H,19,20). The molecule has 2 aromatic rings. The number of para-hydroxylation sites is 1. The Morgan fingerprint density at radius 2 is 1.90 bits per heavy atom. The molecule has 0 saturated carbocycles. The molecular formula is C14H10F3N3S. The highest BCUT2D eigenvalue weighted by atomic mass is 32.2. The van der Waals surface area contributed by atoms with Gasteiger partial charge in [0.15, 0.2) is 0 Å². The van der Waals surface area contributed by atoms with Gasteiger partial charge in [0.1, 0.15) is 17.6 Å². The number of thioether (sulfide) groups is 1. The van der Waals surface area contributed by atoms with Crippen molar-refractivity contribution in [3.8, 4) is 6.07 Å². The van der Waals surface area contributed by atoms with Crippen LogP contribution in [0.15, 0.2) is 41.3 Å². The van der Waals surface area contributed by atoms with E-state index in [4.69, 9.17) is 5.26 Å². The Hall–Kier alpha value is -2.20. The van der Waals surface area contributed by atoms with E-state index in [1.807, 2.05) is 24.5 Å². The molecule has 0 atom stereocenters. The van der Waals surface area contributed by atoms with Gasteiger partial charge in [-0.15, -0.1) is 11.8 Å². The van der Waals surface area contributed by atoms with Crippen molar-refractivity contribution in [3.63, 3.8) is 0 Å². The number of hydrogen-bond acceptors (Lipinski definition) is 4. The van der Waals surface area contributed by atoms with Crippen LogP contribution < -0.4 is 5.32 Å². The summed E-state index contributed by atoms with van der Waals surface area (Å²) in [6, 6.07) is 10.9. The van der Waals surface area contributed by atoms with Crippen LogP contribution in [0.25, 0.3) is 0 Å².